The summed E-state index contributed by atoms with van der Waals surface area (Å²) in [5.41, 5.74) is 1.79. The van der Waals surface area contributed by atoms with Crippen molar-refractivity contribution in [2.75, 3.05) is 0 Å². The fourth-order valence-electron chi connectivity index (χ4n) is 1.79. The zero-order valence-electron chi connectivity index (χ0n) is 10.7. The van der Waals surface area contributed by atoms with Crippen LogP contribution in [0.5, 0.6) is 0 Å². The van der Waals surface area contributed by atoms with Crippen molar-refractivity contribution in [3.05, 3.63) is 41.3 Å². The van der Waals surface area contributed by atoms with Crippen LogP contribution in [0.3, 0.4) is 0 Å². The van der Waals surface area contributed by atoms with Crippen LogP contribution in [-0.2, 0) is 12.8 Å². The molecule has 2 rings (SSSR count). The number of hydrogen-bond donors (Lipinski definition) is 2. The molecule has 2 N–H and O–H groups in total. The highest BCUT2D eigenvalue weighted by atomic mass is 32.2. The minimum atomic E-state index is -1.65. The van der Waals surface area contributed by atoms with Gasteiger partial charge in [-0.25, -0.2) is 4.39 Å². The van der Waals surface area contributed by atoms with Gasteiger partial charge in [0.1, 0.15) is 5.82 Å². The normalized spacial score (nSPS) is 10.8. The smallest absolute Gasteiger partial charge is 0.423 e. The van der Waals surface area contributed by atoms with Crippen LogP contribution in [0.2, 0.25) is 0 Å². The van der Waals surface area contributed by atoms with Crippen LogP contribution in [0, 0.1) is 12.7 Å². The number of aromatic nitrogens is 2. The highest BCUT2D eigenvalue weighted by Crippen LogP contribution is 2.22. The molecule has 0 aliphatic carbocycles. The number of thioether (sulfide) groups is 1. The largest absolute Gasteiger partial charge is 0.488 e. The van der Waals surface area contributed by atoms with E-state index in [4.69, 9.17) is 10.0 Å². The summed E-state index contributed by atoms with van der Waals surface area (Å²) in [6.07, 6.45) is 0. The Bertz CT molecular complexity index is 589. The Kier molecular flexibility index (Phi) is 4.29. The van der Waals surface area contributed by atoms with Gasteiger partial charge in [0.2, 0.25) is 0 Å². The van der Waals surface area contributed by atoms with E-state index in [2.05, 4.69) is 5.10 Å². The molecular formula is C12H14BFN2O2S. The third-order valence-electron chi connectivity index (χ3n) is 2.62. The molecule has 0 amide bonds. The van der Waals surface area contributed by atoms with Gasteiger partial charge in [0.05, 0.1) is 10.7 Å². The maximum atomic E-state index is 13.3. The number of aryl methyl sites for hydroxylation is 2. The van der Waals surface area contributed by atoms with Crippen molar-refractivity contribution in [2.45, 2.75) is 17.7 Å². The third-order valence-corrected chi connectivity index (χ3v) is 3.78. The van der Waals surface area contributed by atoms with Gasteiger partial charge in [0.15, 0.2) is 0 Å². The van der Waals surface area contributed by atoms with Gasteiger partial charge in [-0.15, -0.1) is 11.8 Å². The topological polar surface area (TPSA) is 58.3 Å². The van der Waals surface area contributed by atoms with Crippen LogP contribution in [0.15, 0.2) is 29.3 Å². The second-order valence-electron chi connectivity index (χ2n) is 4.30. The summed E-state index contributed by atoms with van der Waals surface area (Å²) in [5, 5.41) is 23.4. The fourth-order valence-corrected chi connectivity index (χ4v) is 2.75. The number of nitrogens with zero attached hydrogens (tertiary/aromatic N) is 2. The van der Waals surface area contributed by atoms with Gasteiger partial charge in [0, 0.05) is 12.8 Å². The standard InChI is InChI=1S/C12H14BFN2O2S/c1-8-3-12(16(2)15-8)19-7-9-4-10(13(17)18)6-11(14)5-9/h3-6,17-18H,7H2,1-2H3. The molecule has 0 saturated heterocycles. The van der Waals surface area contributed by atoms with Crippen LogP contribution in [0.4, 0.5) is 4.39 Å². The van der Waals surface area contributed by atoms with Crippen molar-refractivity contribution in [2.24, 2.45) is 7.05 Å². The fraction of sp³-hybridized carbons (Fsp3) is 0.250. The maximum Gasteiger partial charge on any atom is 0.488 e. The highest BCUT2D eigenvalue weighted by molar-refractivity contribution is 7.98. The monoisotopic (exact) mass is 280 g/mol. The first kappa shape index (κ1) is 14.1. The minimum Gasteiger partial charge on any atom is -0.423 e. The van der Waals surface area contributed by atoms with E-state index in [1.165, 1.54) is 17.8 Å². The molecule has 2 aromatic rings. The molecule has 1 heterocycles. The molecule has 1 aromatic heterocycles. The van der Waals surface area contributed by atoms with Gasteiger partial charge in [0.25, 0.3) is 0 Å². The van der Waals surface area contributed by atoms with Crippen LogP contribution < -0.4 is 5.46 Å². The first-order valence-electron chi connectivity index (χ1n) is 5.74. The van der Waals surface area contributed by atoms with Crippen LogP contribution in [0.25, 0.3) is 0 Å². The summed E-state index contributed by atoms with van der Waals surface area (Å²) < 4.78 is 15.1. The molecule has 0 spiro atoms. The molecule has 0 aliphatic rings. The molecule has 0 fully saturated rings. The molecule has 1 aromatic carbocycles. The predicted octanol–water partition coefficient (Wildman–Crippen LogP) is 0.840. The quantitative estimate of drug-likeness (QED) is 0.643. The van der Waals surface area contributed by atoms with E-state index in [1.54, 1.807) is 10.7 Å². The van der Waals surface area contributed by atoms with Crippen molar-refractivity contribution in [1.82, 2.24) is 9.78 Å². The number of hydrogen-bond acceptors (Lipinski definition) is 4. The lowest BCUT2D eigenvalue weighted by molar-refractivity contribution is 0.425. The maximum absolute atomic E-state index is 13.3. The molecule has 4 nitrogen and oxygen atoms in total. The average Bonchev–Trinajstić information content (AvgIpc) is 2.64. The second-order valence-corrected chi connectivity index (χ2v) is 5.30. The Morgan fingerprint density at radius 2 is 2.05 bits per heavy atom. The average molecular weight is 280 g/mol. The van der Waals surface area contributed by atoms with E-state index in [1.807, 2.05) is 20.0 Å². The molecule has 100 valence electrons. The van der Waals surface area contributed by atoms with E-state index in [-0.39, 0.29) is 5.46 Å². The van der Waals surface area contributed by atoms with E-state index >= 15 is 0 Å². The highest BCUT2D eigenvalue weighted by Gasteiger charge is 2.13. The Balaban J connectivity index is 2.13. The van der Waals surface area contributed by atoms with Crippen LogP contribution >= 0.6 is 11.8 Å². The number of rotatable bonds is 4. The van der Waals surface area contributed by atoms with Crippen molar-refractivity contribution < 1.29 is 14.4 Å². The van der Waals surface area contributed by atoms with Gasteiger partial charge in [-0.3, -0.25) is 4.68 Å². The summed E-state index contributed by atoms with van der Waals surface area (Å²) in [6.45, 7) is 1.91. The van der Waals surface area contributed by atoms with Crippen molar-refractivity contribution in [3.8, 4) is 0 Å². The van der Waals surface area contributed by atoms with Gasteiger partial charge in [-0.05, 0) is 36.1 Å². The van der Waals surface area contributed by atoms with E-state index in [9.17, 15) is 4.39 Å². The summed E-state index contributed by atoms with van der Waals surface area (Å²) in [5.74, 6) is 0.0681. The van der Waals surface area contributed by atoms with Gasteiger partial charge >= 0.3 is 7.12 Å². The van der Waals surface area contributed by atoms with Crippen molar-refractivity contribution in [3.63, 3.8) is 0 Å². The van der Waals surface area contributed by atoms with E-state index in [0.29, 0.717) is 11.3 Å². The molecule has 19 heavy (non-hydrogen) atoms. The van der Waals surface area contributed by atoms with Crippen molar-refractivity contribution >= 4 is 24.3 Å². The first-order valence-corrected chi connectivity index (χ1v) is 6.73. The zero-order chi connectivity index (χ0) is 14.0. The lowest BCUT2D eigenvalue weighted by atomic mass is 9.79. The minimum absolute atomic E-state index is 0.164. The van der Waals surface area contributed by atoms with Crippen molar-refractivity contribution in [1.29, 1.82) is 0 Å². The molecule has 7 heteroatoms. The predicted molar refractivity (Wildman–Crippen MR) is 73.7 cm³/mol. The van der Waals surface area contributed by atoms with Crippen LogP contribution in [-0.4, -0.2) is 26.9 Å². The SMILES string of the molecule is Cc1cc(SCc2cc(F)cc(B(O)O)c2)n(C)n1. The summed E-state index contributed by atoms with van der Waals surface area (Å²) in [4.78, 5) is 0. The lowest BCUT2D eigenvalue weighted by Gasteiger charge is -2.06. The Labute approximate surface area is 115 Å². The second kappa shape index (κ2) is 5.77. The molecule has 0 radical (unpaired) electrons. The summed E-state index contributed by atoms with van der Waals surface area (Å²) >= 11 is 1.52. The molecule has 0 saturated carbocycles. The Morgan fingerprint density at radius 3 is 2.63 bits per heavy atom. The first-order chi connectivity index (χ1) is 8.95. The van der Waals surface area contributed by atoms with E-state index < -0.39 is 12.9 Å². The van der Waals surface area contributed by atoms with Gasteiger partial charge < -0.3 is 10.0 Å². The number of benzene rings is 1. The van der Waals surface area contributed by atoms with Crippen LogP contribution in [0.1, 0.15) is 11.3 Å². The third kappa shape index (κ3) is 3.59. The lowest BCUT2D eigenvalue weighted by Crippen LogP contribution is -2.30. The van der Waals surface area contributed by atoms with E-state index in [0.717, 1.165) is 16.8 Å². The Hall–Kier alpha value is -1.31. The number of halogens is 1. The molecule has 0 unspecified atom stereocenters. The molecule has 0 atom stereocenters. The molecule has 0 aliphatic heterocycles. The Morgan fingerprint density at radius 1 is 1.32 bits per heavy atom. The zero-order valence-corrected chi connectivity index (χ0v) is 11.5. The molecule has 0 bridgehead atoms. The summed E-state index contributed by atoms with van der Waals surface area (Å²) in [6, 6.07) is 6.05. The van der Waals surface area contributed by atoms with Gasteiger partial charge in [-0.1, -0.05) is 6.07 Å². The molecular weight excluding hydrogens is 266 g/mol. The summed E-state index contributed by atoms with van der Waals surface area (Å²) in [7, 11) is 0.197. The van der Waals surface area contributed by atoms with Gasteiger partial charge in [-0.2, -0.15) is 5.10 Å².